The monoisotopic (exact) mass is 308 g/mol. The van der Waals surface area contributed by atoms with E-state index in [-0.39, 0.29) is 11.9 Å². The average Bonchev–Trinajstić information content (AvgIpc) is 3.12. The van der Waals surface area contributed by atoms with Gasteiger partial charge in [0.2, 0.25) is 5.91 Å². The average molecular weight is 308 g/mol. The third-order valence-electron chi connectivity index (χ3n) is 4.63. The van der Waals surface area contributed by atoms with Gasteiger partial charge in [0.15, 0.2) is 0 Å². The minimum atomic E-state index is 0.0689. The number of imidazole rings is 1. The number of fused-ring (bicyclic) bond motifs is 2. The van der Waals surface area contributed by atoms with E-state index in [0.29, 0.717) is 6.54 Å². The number of para-hydroxylation sites is 1. The summed E-state index contributed by atoms with van der Waals surface area (Å²) in [4.78, 5) is 16.8. The molecule has 1 amide bonds. The Hall–Kier alpha value is -2.56. The number of amides is 1. The molecule has 3 heterocycles. The molecule has 1 aliphatic rings. The molecule has 1 unspecified atom stereocenters. The number of rotatable bonds is 3. The van der Waals surface area contributed by atoms with Gasteiger partial charge in [0.25, 0.3) is 0 Å². The third kappa shape index (κ3) is 2.63. The number of aromatic nitrogens is 3. The molecule has 0 aliphatic carbocycles. The van der Waals surface area contributed by atoms with Crippen LogP contribution in [0.4, 0.5) is 0 Å². The summed E-state index contributed by atoms with van der Waals surface area (Å²) >= 11 is 0. The fourth-order valence-electron chi connectivity index (χ4n) is 3.45. The van der Waals surface area contributed by atoms with Crippen molar-refractivity contribution in [3.8, 4) is 0 Å². The van der Waals surface area contributed by atoms with Crippen molar-refractivity contribution in [2.45, 2.75) is 38.9 Å². The van der Waals surface area contributed by atoms with Crippen molar-refractivity contribution in [1.82, 2.24) is 19.4 Å². The second-order valence-corrected chi connectivity index (χ2v) is 6.22. The molecular formula is C18H20N4O. The van der Waals surface area contributed by atoms with Crippen molar-refractivity contribution in [3.05, 3.63) is 54.2 Å². The van der Waals surface area contributed by atoms with Crippen LogP contribution in [0.25, 0.3) is 10.9 Å². The fraction of sp³-hybridized carbons (Fsp3) is 0.333. The standard InChI is InChI=1S/C18H20N4O/c1-13-10-14-4-2-3-5-16(14)22(13)12-18(23)20-15-6-8-21-9-7-19-17(21)11-15/h2-5,7,9-10,15H,6,8,11-12H2,1H3,(H,20,23). The Morgan fingerprint density at radius 1 is 1.39 bits per heavy atom. The molecule has 118 valence electrons. The molecule has 0 spiro atoms. The smallest absolute Gasteiger partial charge is 0.240 e. The normalized spacial score (nSPS) is 17.2. The van der Waals surface area contributed by atoms with Gasteiger partial charge in [0, 0.05) is 42.6 Å². The van der Waals surface area contributed by atoms with E-state index in [2.05, 4.69) is 37.6 Å². The number of carbonyl (C=O) groups is 1. The number of benzene rings is 1. The molecule has 0 saturated heterocycles. The predicted octanol–water partition coefficient (Wildman–Crippen LogP) is 2.28. The van der Waals surface area contributed by atoms with Crippen LogP contribution in [0.2, 0.25) is 0 Å². The zero-order valence-electron chi connectivity index (χ0n) is 13.2. The highest BCUT2D eigenvalue weighted by atomic mass is 16.2. The fourth-order valence-corrected chi connectivity index (χ4v) is 3.45. The summed E-state index contributed by atoms with van der Waals surface area (Å²) in [7, 11) is 0. The van der Waals surface area contributed by atoms with E-state index in [9.17, 15) is 4.79 Å². The van der Waals surface area contributed by atoms with E-state index in [1.54, 1.807) is 0 Å². The van der Waals surface area contributed by atoms with Crippen LogP contribution in [-0.4, -0.2) is 26.1 Å². The van der Waals surface area contributed by atoms with Gasteiger partial charge in [0.05, 0.1) is 0 Å². The summed E-state index contributed by atoms with van der Waals surface area (Å²) in [5.41, 5.74) is 2.22. The van der Waals surface area contributed by atoms with E-state index >= 15 is 0 Å². The van der Waals surface area contributed by atoms with Crippen molar-refractivity contribution < 1.29 is 4.79 Å². The van der Waals surface area contributed by atoms with Crippen LogP contribution >= 0.6 is 0 Å². The Morgan fingerprint density at radius 3 is 3.17 bits per heavy atom. The number of nitrogens with one attached hydrogen (secondary N) is 1. The summed E-state index contributed by atoms with van der Waals surface area (Å²) in [5.74, 6) is 1.13. The molecule has 23 heavy (non-hydrogen) atoms. The van der Waals surface area contributed by atoms with Crippen LogP contribution in [-0.2, 0) is 24.3 Å². The summed E-state index contributed by atoms with van der Waals surface area (Å²) < 4.78 is 4.24. The van der Waals surface area contributed by atoms with Gasteiger partial charge < -0.3 is 14.5 Å². The van der Waals surface area contributed by atoms with Crippen molar-refractivity contribution in [3.63, 3.8) is 0 Å². The Morgan fingerprint density at radius 2 is 2.26 bits per heavy atom. The first-order valence-electron chi connectivity index (χ1n) is 8.05. The van der Waals surface area contributed by atoms with Gasteiger partial charge in [-0.3, -0.25) is 4.79 Å². The largest absolute Gasteiger partial charge is 0.351 e. The van der Waals surface area contributed by atoms with Gasteiger partial charge in [0.1, 0.15) is 12.4 Å². The van der Waals surface area contributed by atoms with Gasteiger partial charge >= 0.3 is 0 Å². The summed E-state index contributed by atoms with van der Waals surface area (Å²) in [5, 5.41) is 4.34. The number of aryl methyl sites for hydroxylation is 2. The van der Waals surface area contributed by atoms with Crippen molar-refractivity contribution >= 4 is 16.8 Å². The molecule has 5 heteroatoms. The summed E-state index contributed by atoms with van der Waals surface area (Å²) in [6.45, 7) is 3.33. The van der Waals surface area contributed by atoms with Crippen molar-refractivity contribution in [2.24, 2.45) is 0 Å². The van der Waals surface area contributed by atoms with Gasteiger partial charge in [-0.2, -0.15) is 0 Å². The Balaban J connectivity index is 1.47. The SMILES string of the molecule is Cc1cc2ccccc2n1CC(=O)NC1CCn2ccnc2C1. The van der Waals surface area contributed by atoms with E-state index in [1.165, 1.54) is 5.39 Å². The molecule has 4 rings (SSSR count). The van der Waals surface area contributed by atoms with E-state index < -0.39 is 0 Å². The Kier molecular flexibility index (Phi) is 3.41. The van der Waals surface area contributed by atoms with Crippen LogP contribution < -0.4 is 5.32 Å². The molecule has 1 aliphatic heterocycles. The minimum Gasteiger partial charge on any atom is -0.351 e. The van der Waals surface area contributed by atoms with Gasteiger partial charge in [-0.1, -0.05) is 18.2 Å². The second kappa shape index (κ2) is 5.57. The molecule has 0 saturated carbocycles. The minimum absolute atomic E-state index is 0.0689. The molecule has 3 aromatic rings. The molecule has 0 radical (unpaired) electrons. The molecule has 5 nitrogen and oxygen atoms in total. The quantitative estimate of drug-likeness (QED) is 0.807. The third-order valence-corrected chi connectivity index (χ3v) is 4.63. The molecule has 0 fully saturated rings. The van der Waals surface area contributed by atoms with Gasteiger partial charge in [-0.25, -0.2) is 4.98 Å². The van der Waals surface area contributed by atoms with Gasteiger partial charge in [-0.15, -0.1) is 0 Å². The number of nitrogens with zero attached hydrogens (tertiary/aromatic N) is 3. The topological polar surface area (TPSA) is 51.9 Å². The highest BCUT2D eigenvalue weighted by Gasteiger charge is 2.21. The van der Waals surface area contributed by atoms with Gasteiger partial charge in [-0.05, 0) is 30.9 Å². The Bertz CT molecular complexity index is 861. The summed E-state index contributed by atoms with van der Waals surface area (Å²) in [6, 6.07) is 10.5. The molecule has 1 N–H and O–H groups in total. The lowest BCUT2D eigenvalue weighted by Crippen LogP contribution is -2.41. The van der Waals surface area contributed by atoms with Crippen LogP contribution in [0.1, 0.15) is 17.9 Å². The maximum atomic E-state index is 12.5. The first-order valence-corrected chi connectivity index (χ1v) is 8.05. The lowest BCUT2D eigenvalue weighted by atomic mass is 10.1. The number of carbonyl (C=O) groups excluding carboxylic acids is 1. The second-order valence-electron chi connectivity index (χ2n) is 6.22. The molecule has 0 bridgehead atoms. The highest BCUT2D eigenvalue weighted by Crippen LogP contribution is 2.19. The zero-order valence-corrected chi connectivity index (χ0v) is 13.2. The van der Waals surface area contributed by atoms with Crippen molar-refractivity contribution in [1.29, 1.82) is 0 Å². The molecular weight excluding hydrogens is 288 g/mol. The maximum Gasteiger partial charge on any atom is 0.240 e. The van der Waals surface area contributed by atoms with Crippen LogP contribution in [0, 0.1) is 6.92 Å². The first-order chi connectivity index (χ1) is 11.2. The van der Waals surface area contributed by atoms with E-state index in [4.69, 9.17) is 0 Å². The molecule has 1 atom stereocenters. The van der Waals surface area contributed by atoms with Crippen LogP contribution in [0.15, 0.2) is 42.7 Å². The zero-order chi connectivity index (χ0) is 15.8. The predicted molar refractivity (Wildman–Crippen MR) is 89.2 cm³/mol. The number of hydrogen-bond acceptors (Lipinski definition) is 2. The highest BCUT2D eigenvalue weighted by molar-refractivity contribution is 5.84. The number of hydrogen-bond donors (Lipinski definition) is 1. The van der Waals surface area contributed by atoms with Crippen LogP contribution in [0.3, 0.4) is 0 Å². The van der Waals surface area contributed by atoms with Crippen LogP contribution in [0.5, 0.6) is 0 Å². The summed E-state index contributed by atoms with van der Waals surface area (Å²) in [6.07, 6.45) is 5.60. The molecule has 1 aromatic carbocycles. The lowest BCUT2D eigenvalue weighted by molar-refractivity contribution is -0.122. The maximum absolute atomic E-state index is 12.5. The molecule has 2 aromatic heterocycles. The van der Waals surface area contributed by atoms with E-state index in [0.717, 1.165) is 36.4 Å². The van der Waals surface area contributed by atoms with Crippen molar-refractivity contribution in [2.75, 3.05) is 0 Å². The lowest BCUT2D eigenvalue weighted by Gasteiger charge is -2.24. The Labute approximate surface area is 134 Å². The van der Waals surface area contributed by atoms with E-state index in [1.807, 2.05) is 31.5 Å². The first kappa shape index (κ1) is 14.1.